The van der Waals surface area contributed by atoms with E-state index < -0.39 is 6.10 Å². The van der Waals surface area contributed by atoms with E-state index in [1.807, 2.05) is 45.0 Å². The molecular weight excluding hydrogens is 510 g/mol. The van der Waals surface area contributed by atoms with E-state index in [4.69, 9.17) is 24.0 Å². The van der Waals surface area contributed by atoms with Crippen molar-refractivity contribution < 1.29 is 23.9 Å². The molecule has 10 nitrogen and oxygen atoms in total. The van der Waals surface area contributed by atoms with Crippen LogP contribution in [0.15, 0.2) is 28.8 Å². The van der Waals surface area contributed by atoms with Gasteiger partial charge in [-0.2, -0.15) is 0 Å². The van der Waals surface area contributed by atoms with Crippen LogP contribution in [-0.4, -0.2) is 77.2 Å². The van der Waals surface area contributed by atoms with Gasteiger partial charge in [0, 0.05) is 30.9 Å². The SMILES string of the molecule is CCOC(=O)N1CCC(CCc2nc(-c3cccc(OCC(O)CNC)c3)nc(-c3c(C)noc3C)c2C)CC1. The number of aliphatic hydroxyl groups is 1. The number of aromatic nitrogens is 3. The van der Waals surface area contributed by atoms with Crippen LogP contribution in [0.3, 0.4) is 0 Å². The van der Waals surface area contributed by atoms with Crippen LogP contribution in [0.2, 0.25) is 0 Å². The van der Waals surface area contributed by atoms with E-state index in [9.17, 15) is 9.90 Å². The number of nitrogens with zero attached hydrogens (tertiary/aromatic N) is 4. The summed E-state index contributed by atoms with van der Waals surface area (Å²) < 4.78 is 16.5. The summed E-state index contributed by atoms with van der Waals surface area (Å²) in [6.07, 6.45) is 2.85. The summed E-state index contributed by atoms with van der Waals surface area (Å²) in [6, 6.07) is 7.64. The van der Waals surface area contributed by atoms with Crippen molar-refractivity contribution in [2.45, 2.75) is 59.5 Å². The average Bonchev–Trinajstić information content (AvgIpc) is 3.29. The molecule has 10 heteroatoms. The number of hydrogen-bond donors (Lipinski definition) is 2. The summed E-state index contributed by atoms with van der Waals surface area (Å²) in [6.45, 7) is 10.2. The molecule has 1 aliphatic heterocycles. The normalized spacial score (nSPS) is 14.8. The van der Waals surface area contributed by atoms with Gasteiger partial charge in [-0.15, -0.1) is 0 Å². The van der Waals surface area contributed by atoms with Crippen LogP contribution < -0.4 is 10.1 Å². The first kappa shape index (κ1) is 29.5. The predicted molar refractivity (Wildman–Crippen MR) is 152 cm³/mol. The number of aryl methyl sites for hydroxylation is 3. The first-order valence-corrected chi connectivity index (χ1v) is 14.1. The van der Waals surface area contributed by atoms with E-state index in [0.717, 1.165) is 78.3 Å². The van der Waals surface area contributed by atoms with Gasteiger partial charge >= 0.3 is 6.09 Å². The topological polar surface area (TPSA) is 123 Å². The van der Waals surface area contributed by atoms with Crippen molar-refractivity contribution in [2.24, 2.45) is 5.92 Å². The minimum atomic E-state index is -0.605. The lowest BCUT2D eigenvalue weighted by molar-refractivity contribution is 0.0909. The van der Waals surface area contributed by atoms with Crippen LogP contribution in [-0.2, 0) is 11.2 Å². The number of nitrogens with one attached hydrogen (secondary N) is 1. The minimum Gasteiger partial charge on any atom is -0.491 e. The summed E-state index contributed by atoms with van der Waals surface area (Å²) in [5.41, 5.74) is 5.35. The monoisotopic (exact) mass is 551 g/mol. The van der Waals surface area contributed by atoms with Gasteiger partial charge in [-0.05, 0) is 84.0 Å². The standard InChI is InChI=1S/C30H41N5O5/c1-6-38-30(37)35-14-12-22(13-15-35)10-11-26-19(2)28(27-20(3)34-40-21(27)4)33-29(32-26)23-8-7-9-25(16-23)39-18-24(36)17-31-5/h7-9,16,22,24,31,36H,6,10-15,17-18H2,1-5H3. The summed E-state index contributed by atoms with van der Waals surface area (Å²) in [5, 5.41) is 17.1. The molecule has 0 saturated carbocycles. The van der Waals surface area contributed by atoms with Crippen molar-refractivity contribution in [3.63, 3.8) is 0 Å². The average molecular weight is 552 g/mol. The van der Waals surface area contributed by atoms with Crippen LogP contribution >= 0.6 is 0 Å². The van der Waals surface area contributed by atoms with Crippen molar-refractivity contribution >= 4 is 6.09 Å². The number of likely N-dealkylation sites (N-methyl/N-ethyl adjacent to an activating group) is 1. The van der Waals surface area contributed by atoms with Crippen molar-refractivity contribution in [1.29, 1.82) is 0 Å². The molecule has 1 unspecified atom stereocenters. The second-order valence-corrected chi connectivity index (χ2v) is 10.4. The smallest absolute Gasteiger partial charge is 0.409 e. The molecule has 1 atom stereocenters. The molecule has 0 spiro atoms. The zero-order valence-electron chi connectivity index (χ0n) is 24.2. The van der Waals surface area contributed by atoms with Crippen LogP contribution in [0.4, 0.5) is 4.79 Å². The molecule has 1 aromatic carbocycles. The Morgan fingerprint density at radius 1 is 1.23 bits per heavy atom. The van der Waals surface area contributed by atoms with E-state index in [2.05, 4.69) is 17.4 Å². The molecule has 1 amide bonds. The Balaban J connectivity index is 1.58. The molecule has 1 saturated heterocycles. The molecule has 1 fully saturated rings. The third kappa shape index (κ3) is 7.17. The zero-order chi connectivity index (χ0) is 28.6. The first-order valence-electron chi connectivity index (χ1n) is 14.1. The maximum absolute atomic E-state index is 12.1. The Morgan fingerprint density at radius 2 is 2.00 bits per heavy atom. The highest BCUT2D eigenvalue weighted by Gasteiger charge is 2.25. The molecule has 4 rings (SSSR count). The third-order valence-corrected chi connectivity index (χ3v) is 7.42. The first-order chi connectivity index (χ1) is 19.3. The summed E-state index contributed by atoms with van der Waals surface area (Å²) in [4.78, 5) is 23.9. The van der Waals surface area contributed by atoms with Crippen molar-refractivity contribution in [1.82, 2.24) is 25.3 Å². The van der Waals surface area contributed by atoms with Gasteiger partial charge < -0.3 is 29.3 Å². The summed E-state index contributed by atoms with van der Waals surface area (Å²) >= 11 is 0. The lowest BCUT2D eigenvalue weighted by Gasteiger charge is -2.31. The Bertz CT molecular complexity index is 1270. The molecule has 3 heterocycles. The highest BCUT2D eigenvalue weighted by molar-refractivity contribution is 5.71. The Kier molecular flexibility index (Phi) is 10.1. The van der Waals surface area contributed by atoms with Gasteiger partial charge in [-0.1, -0.05) is 17.3 Å². The van der Waals surface area contributed by atoms with Gasteiger partial charge in [-0.25, -0.2) is 14.8 Å². The highest BCUT2D eigenvalue weighted by Crippen LogP contribution is 2.33. The number of carbonyl (C=O) groups excluding carboxylic acids is 1. The minimum absolute atomic E-state index is 0.184. The maximum Gasteiger partial charge on any atom is 0.409 e. The number of benzene rings is 1. The molecule has 1 aliphatic rings. The van der Waals surface area contributed by atoms with E-state index in [1.54, 1.807) is 11.9 Å². The number of rotatable bonds is 11. The lowest BCUT2D eigenvalue weighted by Crippen LogP contribution is -2.38. The Labute approximate surface area is 236 Å². The van der Waals surface area contributed by atoms with E-state index in [1.165, 1.54) is 0 Å². The fourth-order valence-electron chi connectivity index (χ4n) is 5.17. The fraction of sp³-hybridized carbons (Fsp3) is 0.533. The Morgan fingerprint density at radius 3 is 2.67 bits per heavy atom. The second-order valence-electron chi connectivity index (χ2n) is 10.4. The van der Waals surface area contributed by atoms with Crippen LogP contribution in [0.25, 0.3) is 22.6 Å². The summed E-state index contributed by atoms with van der Waals surface area (Å²) in [7, 11) is 1.79. The molecule has 0 aliphatic carbocycles. The van der Waals surface area contributed by atoms with Gasteiger partial charge in [0.1, 0.15) is 24.2 Å². The van der Waals surface area contributed by atoms with Crippen LogP contribution in [0, 0.1) is 26.7 Å². The van der Waals surface area contributed by atoms with Crippen molar-refractivity contribution in [3.05, 3.63) is 47.0 Å². The van der Waals surface area contributed by atoms with Gasteiger partial charge in [0.25, 0.3) is 0 Å². The van der Waals surface area contributed by atoms with Crippen LogP contribution in [0.1, 0.15) is 48.9 Å². The molecule has 0 bridgehead atoms. The number of ether oxygens (including phenoxy) is 2. The van der Waals surface area contributed by atoms with E-state index >= 15 is 0 Å². The van der Waals surface area contributed by atoms with Crippen molar-refractivity contribution in [3.8, 4) is 28.4 Å². The maximum atomic E-state index is 12.1. The number of piperidine rings is 1. The number of hydrogen-bond acceptors (Lipinski definition) is 9. The number of carbonyl (C=O) groups is 1. The number of amides is 1. The van der Waals surface area contributed by atoms with Gasteiger partial charge in [0.15, 0.2) is 5.82 Å². The van der Waals surface area contributed by atoms with Gasteiger partial charge in [-0.3, -0.25) is 0 Å². The molecular formula is C30H41N5O5. The number of aliphatic hydroxyl groups excluding tert-OH is 1. The Hall–Kier alpha value is -3.50. The molecule has 216 valence electrons. The molecule has 0 radical (unpaired) electrons. The largest absolute Gasteiger partial charge is 0.491 e. The zero-order valence-corrected chi connectivity index (χ0v) is 24.2. The molecule has 2 aromatic heterocycles. The molecule has 3 aromatic rings. The lowest BCUT2D eigenvalue weighted by atomic mass is 9.90. The van der Waals surface area contributed by atoms with Crippen LogP contribution in [0.5, 0.6) is 5.75 Å². The summed E-state index contributed by atoms with van der Waals surface area (Å²) in [5.74, 6) is 2.48. The van der Waals surface area contributed by atoms with Gasteiger partial charge in [0.2, 0.25) is 0 Å². The third-order valence-electron chi connectivity index (χ3n) is 7.42. The molecule has 2 N–H and O–H groups in total. The predicted octanol–water partition coefficient (Wildman–Crippen LogP) is 4.48. The quantitative estimate of drug-likeness (QED) is 0.355. The molecule has 40 heavy (non-hydrogen) atoms. The van der Waals surface area contributed by atoms with E-state index in [-0.39, 0.29) is 12.7 Å². The second kappa shape index (κ2) is 13.7. The van der Waals surface area contributed by atoms with E-state index in [0.29, 0.717) is 30.6 Å². The highest BCUT2D eigenvalue weighted by atomic mass is 16.6. The van der Waals surface area contributed by atoms with Gasteiger partial charge in [0.05, 0.1) is 23.6 Å². The van der Waals surface area contributed by atoms with Crippen molar-refractivity contribution in [2.75, 3.05) is 39.9 Å². The fourth-order valence-corrected chi connectivity index (χ4v) is 5.17. The number of likely N-dealkylation sites (tertiary alicyclic amines) is 1.